The molecule has 0 radical (unpaired) electrons. The molecule has 0 aliphatic carbocycles. The van der Waals surface area contributed by atoms with Gasteiger partial charge in [-0.25, -0.2) is 4.98 Å². The lowest BCUT2D eigenvalue weighted by Crippen LogP contribution is -2.35. The molecule has 0 unspecified atom stereocenters. The highest BCUT2D eigenvalue weighted by molar-refractivity contribution is 5.73. The Morgan fingerprint density at radius 2 is 2.10 bits per heavy atom. The van der Waals surface area contributed by atoms with Gasteiger partial charge in [-0.3, -0.25) is 9.59 Å². The Hall–Kier alpha value is -1.89. The van der Waals surface area contributed by atoms with E-state index in [1.165, 1.54) is 0 Å². The first-order valence-electron chi connectivity index (χ1n) is 6.79. The van der Waals surface area contributed by atoms with Crippen molar-refractivity contribution in [2.45, 2.75) is 31.7 Å². The number of aliphatic carboxylic acids is 1. The summed E-state index contributed by atoms with van der Waals surface area (Å²) >= 11 is 0. The Morgan fingerprint density at radius 1 is 1.40 bits per heavy atom. The Bertz CT molecular complexity index is 478. The molecule has 0 spiro atoms. The third-order valence-electron chi connectivity index (χ3n) is 3.67. The lowest BCUT2D eigenvalue weighted by atomic mass is 9.95. The number of hydrogen-bond donors (Lipinski definition) is 2. The molecule has 1 aromatic rings. The van der Waals surface area contributed by atoms with Crippen LogP contribution in [0.25, 0.3) is 0 Å². The van der Waals surface area contributed by atoms with Crippen LogP contribution < -0.4 is 5.73 Å². The van der Waals surface area contributed by atoms with Crippen molar-refractivity contribution < 1.29 is 14.7 Å². The SMILES string of the molecule is NC(=O)Cn1ccnc1C1CCN(CCC(=O)O)CC1. The van der Waals surface area contributed by atoms with Gasteiger partial charge >= 0.3 is 5.97 Å². The number of aromatic nitrogens is 2. The average molecular weight is 280 g/mol. The van der Waals surface area contributed by atoms with E-state index in [4.69, 9.17) is 10.8 Å². The molecule has 2 rings (SSSR count). The van der Waals surface area contributed by atoms with Crippen molar-refractivity contribution in [3.63, 3.8) is 0 Å². The number of carboxylic acid groups (broad SMARTS) is 1. The monoisotopic (exact) mass is 280 g/mol. The standard InChI is InChI=1S/C13H20N4O3/c14-11(18)9-17-8-4-15-13(17)10-1-5-16(6-2-10)7-3-12(19)20/h4,8,10H,1-3,5-7,9H2,(H2,14,18)(H,19,20). The van der Waals surface area contributed by atoms with Crippen LogP contribution in [0.1, 0.15) is 31.0 Å². The zero-order chi connectivity index (χ0) is 14.5. The molecule has 7 heteroatoms. The molecule has 3 N–H and O–H groups in total. The van der Waals surface area contributed by atoms with E-state index >= 15 is 0 Å². The molecule has 1 aromatic heterocycles. The van der Waals surface area contributed by atoms with Gasteiger partial charge in [0.15, 0.2) is 0 Å². The summed E-state index contributed by atoms with van der Waals surface area (Å²) in [6, 6.07) is 0. The van der Waals surface area contributed by atoms with E-state index in [1.54, 1.807) is 17.0 Å². The van der Waals surface area contributed by atoms with Crippen LogP contribution in [0.3, 0.4) is 0 Å². The van der Waals surface area contributed by atoms with E-state index in [0.717, 1.165) is 31.8 Å². The molecule has 110 valence electrons. The number of hydrogen-bond acceptors (Lipinski definition) is 4. The number of imidazole rings is 1. The molecule has 1 aliphatic heterocycles. The number of carboxylic acids is 1. The summed E-state index contributed by atoms with van der Waals surface area (Å²) in [5.74, 6) is 0.0828. The fraction of sp³-hybridized carbons (Fsp3) is 0.615. The number of nitrogens with zero attached hydrogens (tertiary/aromatic N) is 3. The first-order chi connectivity index (χ1) is 9.56. The van der Waals surface area contributed by atoms with Crippen LogP contribution in [0.4, 0.5) is 0 Å². The van der Waals surface area contributed by atoms with E-state index in [1.807, 2.05) is 0 Å². The maximum absolute atomic E-state index is 11.0. The van der Waals surface area contributed by atoms with Crippen LogP contribution in [0.15, 0.2) is 12.4 Å². The summed E-state index contributed by atoms with van der Waals surface area (Å²) in [4.78, 5) is 28.1. The van der Waals surface area contributed by atoms with Gasteiger partial charge in [-0.1, -0.05) is 0 Å². The van der Waals surface area contributed by atoms with Crippen molar-refractivity contribution in [2.75, 3.05) is 19.6 Å². The van der Waals surface area contributed by atoms with Crippen LogP contribution in [-0.4, -0.2) is 51.1 Å². The van der Waals surface area contributed by atoms with E-state index < -0.39 is 5.97 Å². The summed E-state index contributed by atoms with van der Waals surface area (Å²) in [6.07, 6.45) is 5.50. The summed E-state index contributed by atoms with van der Waals surface area (Å²) in [5.41, 5.74) is 5.22. The second-order valence-corrected chi connectivity index (χ2v) is 5.14. The van der Waals surface area contributed by atoms with E-state index in [-0.39, 0.29) is 18.9 Å². The first-order valence-corrected chi connectivity index (χ1v) is 6.79. The number of nitrogens with two attached hydrogens (primary N) is 1. The predicted molar refractivity (Wildman–Crippen MR) is 72.1 cm³/mol. The molecule has 0 aromatic carbocycles. The van der Waals surface area contributed by atoms with Gasteiger partial charge in [0.25, 0.3) is 0 Å². The Balaban J connectivity index is 1.89. The van der Waals surface area contributed by atoms with Crippen LogP contribution in [0.5, 0.6) is 0 Å². The predicted octanol–water partition coefficient (Wildman–Crippen LogP) is 0.0225. The topological polar surface area (TPSA) is 101 Å². The van der Waals surface area contributed by atoms with Crippen LogP contribution in [-0.2, 0) is 16.1 Å². The number of primary amides is 1. The largest absolute Gasteiger partial charge is 0.481 e. The zero-order valence-corrected chi connectivity index (χ0v) is 11.4. The Labute approximate surface area is 117 Å². The molecular weight excluding hydrogens is 260 g/mol. The maximum atomic E-state index is 11.0. The van der Waals surface area contributed by atoms with Crippen molar-refractivity contribution in [3.05, 3.63) is 18.2 Å². The highest BCUT2D eigenvalue weighted by Crippen LogP contribution is 2.26. The third-order valence-corrected chi connectivity index (χ3v) is 3.67. The van der Waals surface area contributed by atoms with Gasteiger partial charge in [-0.2, -0.15) is 0 Å². The summed E-state index contributed by atoms with van der Waals surface area (Å²) in [5, 5.41) is 8.68. The number of likely N-dealkylation sites (tertiary alicyclic amines) is 1. The van der Waals surface area contributed by atoms with Crippen molar-refractivity contribution in [2.24, 2.45) is 5.73 Å². The fourth-order valence-electron chi connectivity index (χ4n) is 2.65. The smallest absolute Gasteiger partial charge is 0.304 e. The lowest BCUT2D eigenvalue weighted by molar-refractivity contribution is -0.137. The summed E-state index contributed by atoms with van der Waals surface area (Å²) in [6.45, 7) is 2.48. The number of amides is 1. The second-order valence-electron chi connectivity index (χ2n) is 5.14. The molecule has 1 saturated heterocycles. The van der Waals surface area contributed by atoms with Crippen molar-refractivity contribution >= 4 is 11.9 Å². The Morgan fingerprint density at radius 3 is 2.70 bits per heavy atom. The number of rotatable bonds is 6. The minimum Gasteiger partial charge on any atom is -0.481 e. The third kappa shape index (κ3) is 3.80. The number of carbonyl (C=O) groups excluding carboxylic acids is 1. The van der Waals surface area contributed by atoms with E-state index in [0.29, 0.717) is 12.5 Å². The summed E-state index contributed by atoms with van der Waals surface area (Å²) in [7, 11) is 0. The molecular formula is C13H20N4O3. The molecule has 0 atom stereocenters. The van der Waals surface area contributed by atoms with Gasteiger partial charge in [0.05, 0.1) is 6.42 Å². The molecule has 1 amide bonds. The normalized spacial score (nSPS) is 17.2. The number of piperidine rings is 1. The highest BCUT2D eigenvalue weighted by atomic mass is 16.4. The molecule has 2 heterocycles. The average Bonchev–Trinajstić information content (AvgIpc) is 2.84. The zero-order valence-electron chi connectivity index (χ0n) is 11.4. The van der Waals surface area contributed by atoms with Gasteiger partial charge < -0.3 is 20.3 Å². The molecule has 1 fully saturated rings. The fourth-order valence-corrected chi connectivity index (χ4v) is 2.65. The minimum absolute atomic E-state index is 0.161. The van der Waals surface area contributed by atoms with E-state index in [2.05, 4.69) is 9.88 Å². The first kappa shape index (κ1) is 14.5. The van der Waals surface area contributed by atoms with Crippen LogP contribution in [0.2, 0.25) is 0 Å². The van der Waals surface area contributed by atoms with Gasteiger partial charge in [-0.05, 0) is 25.9 Å². The molecule has 1 aliphatic rings. The van der Waals surface area contributed by atoms with Gasteiger partial charge in [0.2, 0.25) is 5.91 Å². The van der Waals surface area contributed by atoms with Crippen LogP contribution in [0, 0.1) is 0 Å². The quantitative estimate of drug-likeness (QED) is 0.765. The highest BCUT2D eigenvalue weighted by Gasteiger charge is 2.24. The lowest BCUT2D eigenvalue weighted by Gasteiger charge is -2.31. The maximum Gasteiger partial charge on any atom is 0.304 e. The van der Waals surface area contributed by atoms with Gasteiger partial charge in [0.1, 0.15) is 12.4 Å². The Kier molecular flexibility index (Phi) is 4.73. The van der Waals surface area contributed by atoms with Gasteiger partial charge in [0, 0.05) is 24.9 Å². The van der Waals surface area contributed by atoms with E-state index in [9.17, 15) is 9.59 Å². The number of carbonyl (C=O) groups is 2. The van der Waals surface area contributed by atoms with Crippen molar-refractivity contribution in [1.29, 1.82) is 0 Å². The van der Waals surface area contributed by atoms with Crippen LogP contribution >= 0.6 is 0 Å². The molecule has 7 nitrogen and oxygen atoms in total. The van der Waals surface area contributed by atoms with Crippen molar-refractivity contribution in [3.8, 4) is 0 Å². The summed E-state index contributed by atoms with van der Waals surface area (Å²) < 4.78 is 1.81. The molecule has 0 bridgehead atoms. The minimum atomic E-state index is -0.760. The second kappa shape index (κ2) is 6.51. The molecule has 0 saturated carbocycles. The van der Waals surface area contributed by atoms with Gasteiger partial charge in [-0.15, -0.1) is 0 Å². The molecule has 20 heavy (non-hydrogen) atoms. The van der Waals surface area contributed by atoms with Crippen molar-refractivity contribution in [1.82, 2.24) is 14.5 Å².